The molecule has 0 aromatic carbocycles. The molecule has 1 saturated carbocycles. The van der Waals surface area contributed by atoms with Crippen molar-refractivity contribution in [2.75, 3.05) is 13.1 Å². The highest BCUT2D eigenvalue weighted by Crippen LogP contribution is 2.40. The highest BCUT2D eigenvalue weighted by molar-refractivity contribution is 5.75. The van der Waals surface area contributed by atoms with E-state index < -0.39 is 11.4 Å². The van der Waals surface area contributed by atoms with E-state index in [1.807, 2.05) is 0 Å². The SMILES string of the molecule is CCCC1(C(=O)O)CCN(C2CCCC2C)C1. The molecule has 3 unspecified atom stereocenters. The summed E-state index contributed by atoms with van der Waals surface area (Å²) in [7, 11) is 0. The standard InChI is InChI=1S/C14H25NO2/c1-3-7-14(13(16)17)8-9-15(10-14)12-6-4-5-11(12)2/h11-12H,3-10H2,1-2H3,(H,16,17). The maximum atomic E-state index is 11.5. The summed E-state index contributed by atoms with van der Waals surface area (Å²) in [4.78, 5) is 14.0. The maximum absolute atomic E-state index is 11.5. The lowest BCUT2D eigenvalue weighted by Gasteiger charge is -2.30. The molecule has 2 aliphatic rings. The first-order valence-electron chi connectivity index (χ1n) is 7.06. The predicted molar refractivity (Wildman–Crippen MR) is 68.0 cm³/mol. The van der Waals surface area contributed by atoms with Crippen molar-refractivity contribution in [2.24, 2.45) is 11.3 Å². The van der Waals surface area contributed by atoms with Gasteiger partial charge in [0.1, 0.15) is 0 Å². The van der Waals surface area contributed by atoms with Gasteiger partial charge in [0.05, 0.1) is 5.41 Å². The third-order valence-electron chi connectivity index (χ3n) is 4.85. The van der Waals surface area contributed by atoms with Crippen molar-refractivity contribution in [1.29, 1.82) is 0 Å². The number of aliphatic carboxylic acids is 1. The molecule has 0 spiro atoms. The Morgan fingerprint density at radius 1 is 1.47 bits per heavy atom. The van der Waals surface area contributed by atoms with E-state index in [9.17, 15) is 9.90 Å². The van der Waals surface area contributed by atoms with Gasteiger partial charge in [-0.25, -0.2) is 0 Å². The fraction of sp³-hybridized carbons (Fsp3) is 0.929. The molecule has 1 heterocycles. The average molecular weight is 239 g/mol. The van der Waals surface area contributed by atoms with Gasteiger partial charge in [0.25, 0.3) is 0 Å². The molecule has 3 atom stereocenters. The minimum absolute atomic E-state index is 0.447. The van der Waals surface area contributed by atoms with Crippen LogP contribution in [0.2, 0.25) is 0 Å². The number of rotatable bonds is 4. The van der Waals surface area contributed by atoms with Gasteiger partial charge < -0.3 is 5.11 Å². The normalized spacial score (nSPS) is 38.7. The summed E-state index contributed by atoms with van der Waals surface area (Å²) in [6.07, 6.45) is 6.55. The molecule has 0 amide bonds. The molecule has 0 aromatic rings. The molecular weight excluding hydrogens is 214 g/mol. The third kappa shape index (κ3) is 2.35. The average Bonchev–Trinajstić information content (AvgIpc) is 2.86. The van der Waals surface area contributed by atoms with E-state index in [1.54, 1.807) is 0 Å². The summed E-state index contributed by atoms with van der Waals surface area (Å²) in [6, 6.07) is 0.646. The lowest BCUT2D eigenvalue weighted by molar-refractivity contribution is -0.148. The molecular formula is C14H25NO2. The van der Waals surface area contributed by atoms with E-state index in [0.717, 1.165) is 38.3 Å². The van der Waals surface area contributed by atoms with Gasteiger partial charge in [-0.15, -0.1) is 0 Å². The number of carboxylic acid groups (broad SMARTS) is 1. The molecule has 1 N–H and O–H groups in total. The largest absolute Gasteiger partial charge is 0.481 e. The van der Waals surface area contributed by atoms with Crippen LogP contribution in [-0.4, -0.2) is 35.1 Å². The number of hydrogen-bond acceptors (Lipinski definition) is 2. The highest BCUT2D eigenvalue weighted by Gasteiger charge is 2.46. The molecule has 0 aromatic heterocycles. The summed E-state index contributed by atoms with van der Waals surface area (Å²) in [5.74, 6) is 0.175. The summed E-state index contributed by atoms with van der Waals surface area (Å²) in [5, 5.41) is 9.49. The number of carboxylic acids is 1. The van der Waals surface area contributed by atoms with Gasteiger partial charge in [0.2, 0.25) is 0 Å². The molecule has 98 valence electrons. The molecule has 17 heavy (non-hydrogen) atoms. The van der Waals surface area contributed by atoms with Crippen molar-refractivity contribution in [2.45, 2.75) is 58.4 Å². The number of nitrogens with zero attached hydrogens (tertiary/aromatic N) is 1. The second-order valence-corrected chi connectivity index (χ2v) is 6.03. The Labute approximate surface area is 104 Å². The van der Waals surface area contributed by atoms with Crippen molar-refractivity contribution in [1.82, 2.24) is 4.90 Å². The van der Waals surface area contributed by atoms with E-state index in [-0.39, 0.29) is 0 Å². The number of hydrogen-bond donors (Lipinski definition) is 1. The van der Waals surface area contributed by atoms with Crippen LogP contribution in [0.3, 0.4) is 0 Å². The molecule has 1 saturated heterocycles. The zero-order chi connectivity index (χ0) is 12.5. The maximum Gasteiger partial charge on any atom is 0.310 e. The van der Waals surface area contributed by atoms with Crippen LogP contribution in [0, 0.1) is 11.3 Å². The fourth-order valence-corrected chi connectivity index (χ4v) is 3.82. The monoisotopic (exact) mass is 239 g/mol. The molecule has 1 aliphatic carbocycles. The summed E-state index contributed by atoms with van der Waals surface area (Å²) < 4.78 is 0. The van der Waals surface area contributed by atoms with Gasteiger partial charge in [0.15, 0.2) is 0 Å². The van der Waals surface area contributed by atoms with Crippen LogP contribution in [0.1, 0.15) is 52.4 Å². The van der Waals surface area contributed by atoms with Crippen LogP contribution in [-0.2, 0) is 4.79 Å². The van der Waals surface area contributed by atoms with E-state index >= 15 is 0 Å². The van der Waals surface area contributed by atoms with Crippen LogP contribution in [0.15, 0.2) is 0 Å². The van der Waals surface area contributed by atoms with Gasteiger partial charge in [-0.1, -0.05) is 26.7 Å². The zero-order valence-corrected chi connectivity index (χ0v) is 11.1. The first-order valence-corrected chi connectivity index (χ1v) is 7.06. The Hall–Kier alpha value is -0.570. The van der Waals surface area contributed by atoms with Gasteiger partial charge in [-0.3, -0.25) is 9.69 Å². The first kappa shape index (κ1) is 12.9. The Balaban J connectivity index is 2.04. The Morgan fingerprint density at radius 3 is 2.76 bits per heavy atom. The Kier molecular flexibility index (Phi) is 3.76. The third-order valence-corrected chi connectivity index (χ3v) is 4.85. The topological polar surface area (TPSA) is 40.5 Å². The minimum Gasteiger partial charge on any atom is -0.481 e. The lowest BCUT2D eigenvalue weighted by Crippen LogP contribution is -2.39. The summed E-state index contributed by atoms with van der Waals surface area (Å²) in [6.45, 7) is 6.18. The van der Waals surface area contributed by atoms with E-state index in [2.05, 4.69) is 18.7 Å². The smallest absolute Gasteiger partial charge is 0.310 e. The van der Waals surface area contributed by atoms with Gasteiger partial charge in [-0.05, 0) is 38.1 Å². The molecule has 2 rings (SSSR count). The van der Waals surface area contributed by atoms with Crippen LogP contribution in [0.5, 0.6) is 0 Å². The molecule has 2 fully saturated rings. The second-order valence-electron chi connectivity index (χ2n) is 6.03. The zero-order valence-electron chi connectivity index (χ0n) is 11.1. The van der Waals surface area contributed by atoms with Gasteiger partial charge >= 0.3 is 5.97 Å². The number of carbonyl (C=O) groups is 1. The lowest BCUT2D eigenvalue weighted by atomic mass is 9.82. The first-order chi connectivity index (χ1) is 8.09. The quantitative estimate of drug-likeness (QED) is 0.820. The van der Waals surface area contributed by atoms with E-state index in [4.69, 9.17) is 0 Å². The predicted octanol–water partition coefficient (Wildman–Crippen LogP) is 2.75. The van der Waals surface area contributed by atoms with Gasteiger partial charge in [0, 0.05) is 12.6 Å². The van der Waals surface area contributed by atoms with Crippen molar-refractivity contribution in [3.63, 3.8) is 0 Å². The van der Waals surface area contributed by atoms with E-state index in [1.165, 1.54) is 19.3 Å². The van der Waals surface area contributed by atoms with Crippen LogP contribution >= 0.6 is 0 Å². The van der Waals surface area contributed by atoms with Crippen LogP contribution in [0.25, 0.3) is 0 Å². The van der Waals surface area contributed by atoms with Crippen molar-refractivity contribution < 1.29 is 9.90 Å². The number of likely N-dealkylation sites (tertiary alicyclic amines) is 1. The van der Waals surface area contributed by atoms with Crippen LogP contribution < -0.4 is 0 Å². The highest BCUT2D eigenvalue weighted by atomic mass is 16.4. The fourth-order valence-electron chi connectivity index (χ4n) is 3.82. The second kappa shape index (κ2) is 4.97. The Bertz CT molecular complexity index is 292. The van der Waals surface area contributed by atoms with Crippen LogP contribution in [0.4, 0.5) is 0 Å². The summed E-state index contributed by atoms with van der Waals surface area (Å²) in [5.41, 5.74) is -0.447. The van der Waals surface area contributed by atoms with E-state index in [0.29, 0.717) is 6.04 Å². The minimum atomic E-state index is -0.576. The van der Waals surface area contributed by atoms with Crippen molar-refractivity contribution in [3.05, 3.63) is 0 Å². The molecule has 0 bridgehead atoms. The molecule has 3 heteroatoms. The van der Waals surface area contributed by atoms with Crippen molar-refractivity contribution >= 4 is 5.97 Å². The summed E-state index contributed by atoms with van der Waals surface area (Å²) >= 11 is 0. The Morgan fingerprint density at radius 2 is 2.24 bits per heavy atom. The molecule has 0 radical (unpaired) electrons. The van der Waals surface area contributed by atoms with Gasteiger partial charge in [-0.2, -0.15) is 0 Å². The molecule has 3 nitrogen and oxygen atoms in total. The molecule has 1 aliphatic heterocycles. The van der Waals surface area contributed by atoms with Crippen molar-refractivity contribution in [3.8, 4) is 0 Å².